The Balaban J connectivity index is 1.31. The molecule has 1 amide bonds. The van der Waals surface area contributed by atoms with E-state index >= 15 is 0 Å². The lowest BCUT2D eigenvalue weighted by molar-refractivity contribution is -0.125. The van der Waals surface area contributed by atoms with Gasteiger partial charge in [0.2, 0.25) is 11.7 Å². The Morgan fingerprint density at radius 2 is 1.76 bits per heavy atom. The highest BCUT2D eigenvalue weighted by Gasteiger charge is 2.27. The number of anilines is 1. The van der Waals surface area contributed by atoms with Crippen LogP contribution < -0.4 is 24.4 Å². The molecule has 2 aromatic carbocycles. The third kappa shape index (κ3) is 5.19. The number of hydrogen-bond donors (Lipinski definition) is 1. The molecule has 0 saturated carbocycles. The summed E-state index contributed by atoms with van der Waals surface area (Å²) in [5, 5.41) is 7.14. The molecular formula is C24H28N4O5. The Hall–Kier alpha value is -3.75. The number of piperidine rings is 1. The van der Waals surface area contributed by atoms with Crippen molar-refractivity contribution in [1.29, 1.82) is 0 Å². The summed E-state index contributed by atoms with van der Waals surface area (Å²) in [6, 6.07) is 13.6. The summed E-state index contributed by atoms with van der Waals surface area (Å²) < 4.78 is 21.3. The zero-order valence-corrected chi connectivity index (χ0v) is 19.0. The number of nitrogens with zero attached hydrogens (tertiary/aromatic N) is 3. The van der Waals surface area contributed by atoms with Crippen molar-refractivity contribution in [2.75, 3.05) is 39.3 Å². The van der Waals surface area contributed by atoms with Crippen molar-refractivity contribution in [3.63, 3.8) is 0 Å². The zero-order valence-electron chi connectivity index (χ0n) is 19.0. The summed E-state index contributed by atoms with van der Waals surface area (Å²) in [7, 11) is 4.81. The molecule has 0 spiro atoms. The second-order valence-corrected chi connectivity index (χ2v) is 7.80. The lowest BCUT2D eigenvalue weighted by Crippen LogP contribution is -2.40. The third-order valence-corrected chi connectivity index (χ3v) is 5.82. The van der Waals surface area contributed by atoms with Crippen molar-refractivity contribution in [2.45, 2.75) is 19.4 Å². The van der Waals surface area contributed by atoms with Gasteiger partial charge in [0, 0.05) is 31.1 Å². The number of carbonyl (C=O) groups is 1. The van der Waals surface area contributed by atoms with E-state index < -0.39 is 0 Å². The second kappa shape index (κ2) is 10.2. The zero-order chi connectivity index (χ0) is 23.2. The van der Waals surface area contributed by atoms with Crippen molar-refractivity contribution in [3.05, 3.63) is 48.0 Å². The van der Waals surface area contributed by atoms with E-state index in [1.807, 2.05) is 41.3 Å². The number of methoxy groups -OCH3 is 3. The lowest BCUT2D eigenvalue weighted by atomic mass is 9.96. The molecule has 0 aliphatic carbocycles. The summed E-state index contributed by atoms with van der Waals surface area (Å²) in [4.78, 5) is 19.2. The number of carbonyl (C=O) groups excluding carboxylic acids is 1. The maximum atomic E-state index is 12.6. The highest BCUT2D eigenvalue weighted by molar-refractivity contribution is 5.79. The van der Waals surface area contributed by atoms with Crippen LogP contribution in [0.4, 0.5) is 6.01 Å². The Bertz CT molecular complexity index is 1070. The fourth-order valence-electron chi connectivity index (χ4n) is 3.85. The first kappa shape index (κ1) is 22.4. The van der Waals surface area contributed by atoms with E-state index in [-0.39, 0.29) is 11.8 Å². The molecule has 2 heterocycles. The number of nitrogens with one attached hydrogen (secondary N) is 1. The Morgan fingerprint density at radius 1 is 1.03 bits per heavy atom. The van der Waals surface area contributed by atoms with E-state index in [2.05, 4.69) is 15.5 Å². The van der Waals surface area contributed by atoms with Crippen LogP contribution in [-0.2, 0) is 11.3 Å². The van der Waals surface area contributed by atoms with Crippen LogP contribution in [0.5, 0.6) is 17.2 Å². The topological polar surface area (TPSA) is 99.0 Å². The maximum absolute atomic E-state index is 12.6. The first-order valence-corrected chi connectivity index (χ1v) is 10.8. The van der Waals surface area contributed by atoms with Gasteiger partial charge in [0.1, 0.15) is 5.75 Å². The monoisotopic (exact) mass is 452 g/mol. The van der Waals surface area contributed by atoms with Gasteiger partial charge in [-0.3, -0.25) is 4.79 Å². The Kier molecular flexibility index (Phi) is 6.97. The molecule has 9 heteroatoms. The van der Waals surface area contributed by atoms with Gasteiger partial charge in [-0.2, -0.15) is 4.98 Å². The molecule has 1 aromatic heterocycles. The van der Waals surface area contributed by atoms with Crippen LogP contribution >= 0.6 is 0 Å². The standard InChI is InChI=1S/C24H28N4O5/c1-30-19-7-4-16(5-8-19)15-25-23(29)17-10-12-28(13-11-17)24-26-22(27-33-24)18-6-9-20(31-2)21(14-18)32-3/h4-9,14,17H,10-13,15H2,1-3H3,(H,25,29). The molecule has 1 aliphatic rings. The van der Waals surface area contributed by atoms with Crippen LogP contribution in [0.1, 0.15) is 18.4 Å². The summed E-state index contributed by atoms with van der Waals surface area (Å²) in [5.41, 5.74) is 1.81. The van der Waals surface area contributed by atoms with Crippen molar-refractivity contribution in [2.24, 2.45) is 5.92 Å². The van der Waals surface area contributed by atoms with Gasteiger partial charge in [0.05, 0.1) is 21.3 Å². The summed E-state index contributed by atoms with van der Waals surface area (Å²) in [5.74, 6) is 2.55. The van der Waals surface area contributed by atoms with Crippen LogP contribution in [-0.4, -0.2) is 50.5 Å². The van der Waals surface area contributed by atoms with Crippen LogP contribution in [0.2, 0.25) is 0 Å². The van der Waals surface area contributed by atoms with Crippen molar-refractivity contribution < 1.29 is 23.5 Å². The fourth-order valence-corrected chi connectivity index (χ4v) is 3.85. The van der Waals surface area contributed by atoms with Crippen LogP contribution in [0, 0.1) is 5.92 Å². The van der Waals surface area contributed by atoms with Gasteiger partial charge in [0.25, 0.3) is 0 Å². The molecule has 0 bridgehead atoms. The molecule has 1 aliphatic heterocycles. The lowest BCUT2D eigenvalue weighted by Gasteiger charge is -2.29. The molecule has 9 nitrogen and oxygen atoms in total. The molecule has 0 atom stereocenters. The number of ether oxygens (including phenoxy) is 3. The van der Waals surface area contributed by atoms with Gasteiger partial charge in [-0.1, -0.05) is 17.3 Å². The van der Waals surface area contributed by atoms with Gasteiger partial charge in [-0.05, 0) is 48.7 Å². The molecular weight excluding hydrogens is 424 g/mol. The average Bonchev–Trinajstić information content (AvgIpc) is 3.37. The largest absolute Gasteiger partial charge is 0.497 e. The first-order valence-electron chi connectivity index (χ1n) is 10.8. The maximum Gasteiger partial charge on any atom is 0.324 e. The predicted molar refractivity (Wildman–Crippen MR) is 123 cm³/mol. The Labute approximate surface area is 192 Å². The Morgan fingerprint density at radius 3 is 2.42 bits per heavy atom. The SMILES string of the molecule is COc1ccc(CNC(=O)C2CCN(c3nc(-c4ccc(OC)c(OC)c4)no3)CC2)cc1. The minimum absolute atomic E-state index is 0.0345. The molecule has 174 valence electrons. The molecule has 33 heavy (non-hydrogen) atoms. The summed E-state index contributed by atoms with van der Waals surface area (Å²) >= 11 is 0. The van der Waals surface area contributed by atoms with Crippen LogP contribution in [0.15, 0.2) is 47.0 Å². The third-order valence-electron chi connectivity index (χ3n) is 5.82. The molecule has 4 rings (SSSR count). The van der Waals surface area contributed by atoms with E-state index in [9.17, 15) is 4.79 Å². The molecule has 0 radical (unpaired) electrons. The molecule has 1 N–H and O–H groups in total. The molecule has 1 fully saturated rings. The second-order valence-electron chi connectivity index (χ2n) is 7.80. The highest BCUT2D eigenvalue weighted by atomic mass is 16.5. The van der Waals surface area contributed by atoms with Crippen molar-refractivity contribution in [1.82, 2.24) is 15.5 Å². The predicted octanol–water partition coefficient (Wildman–Crippen LogP) is 3.30. The van der Waals surface area contributed by atoms with E-state index in [0.29, 0.717) is 43.0 Å². The summed E-state index contributed by atoms with van der Waals surface area (Å²) in [6.45, 7) is 1.85. The minimum atomic E-state index is -0.0345. The van der Waals surface area contributed by atoms with Gasteiger partial charge in [-0.25, -0.2) is 0 Å². The highest BCUT2D eigenvalue weighted by Crippen LogP contribution is 2.32. The number of amides is 1. The molecule has 1 saturated heterocycles. The average molecular weight is 453 g/mol. The van der Waals surface area contributed by atoms with Crippen molar-refractivity contribution >= 4 is 11.9 Å². The van der Waals surface area contributed by atoms with Gasteiger partial charge >= 0.3 is 6.01 Å². The van der Waals surface area contributed by atoms with Gasteiger partial charge in [0.15, 0.2) is 11.5 Å². The van der Waals surface area contributed by atoms with E-state index in [1.54, 1.807) is 27.4 Å². The quantitative estimate of drug-likeness (QED) is 0.556. The normalized spacial score (nSPS) is 14.1. The van der Waals surface area contributed by atoms with E-state index in [0.717, 1.165) is 29.7 Å². The smallest absolute Gasteiger partial charge is 0.324 e. The van der Waals surface area contributed by atoms with E-state index in [1.165, 1.54) is 0 Å². The van der Waals surface area contributed by atoms with E-state index in [4.69, 9.17) is 18.7 Å². The van der Waals surface area contributed by atoms with Crippen molar-refractivity contribution in [3.8, 4) is 28.6 Å². The molecule has 3 aromatic rings. The summed E-state index contributed by atoms with van der Waals surface area (Å²) in [6.07, 6.45) is 1.45. The number of hydrogen-bond acceptors (Lipinski definition) is 8. The number of rotatable bonds is 8. The van der Waals surface area contributed by atoms with Crippen LogP contribution in [0.25, 0.3) is 11.4 Å². The van der Waals surface area contributed by atoms with Gasteiger partial charge in [-0.15, -0.1) is 0 Å². The first-order chi connectivity index (χ1) is 16.1. The number of aromatic nitrogens is 2. The van der Waals surface area contributed by atoms with Gasteiger partial charge < -0.3 is 29.0 Å². The van der Waals surface area contributed by atoms with Crippen LogP contribution in [0.3, 0.4) is 0 Å². The molecule has 0 unspecified atom stereocenters. The fraction of sp³-hybridized carbons (Fsp3) is 0.375. The number of benzene rings is 2. The minimum Gasteiger partial charge on any atom is -0.497 e.